The molecule has 0 aromatic heterocycles. The maximum atomic E-state index is 6.22. The third kappa shape index (κ3) is 3.15. The topological polar surface area (TPSA) is 24.5 Å². The van der Waals surface area contributed by atoms with Crippen LogP contribution in [0, 0.1) is 0 Å². The number of nitrogens with zero attached hydrogens (tertiary/aromatic N) is 1. The van der Waals surface area contributed by atoms with Crippen molar-refractivity contribution < 1.29 is 4.74 Å². The third-order valence-electron chi connectivity index (χ3n) is 5.10. The number of hydrogen-bond acceptors (Lipinski definition) is 3. The molecular weight excluding hydrogens is 260 g/mol. The Hall–Kier alpha value is -0.900. The lowest BCUT2D eigenvalue weighted by atomic mass is 9.88. The number of benzene rings is 1. The highest BCUT2D eigenvalue weighted by atomic mass is 16.5. The summed E-state index contributed by atoms with van der Waals surface area (Å²) >= 11 is 0. The first-order chi connectivity index (χ1) is 10.00. The zero-order valence-electron chi connectivity index (χ0n) is 13.6. The second-order valence-corrected chi connectivity index (χ2v) is 7.30. The van der Waals surface area contributed by atoms with E-state index < -0.39 is 0 Å². The van der Waals surface area contributed by atoms with Crippen molar-refractivity contribution >= 4 is 0 Å². The van der Waals surface area contributed by atoms with Crippen LogP contribution in [0.2, 0.25) is 0 Å². The van der Waals surface area contributed by atoms with Crippen molar-refractivity contribution in [3.8, 4) is 0 Å². The fourth-order valence-corrected chi connectivity index (χ4v) is 3.73. The quantitative estimate of drug-likeness (QED) is 0.925. The molecule has 2 heterocycles. The molecular formula is C18H28N2O. The van der Waals surface area contributed by atoms with Crippen molar-refractivity contribution in [1.29, 1.82) is 0 Å². The van der Waals surface area contributed by atoms with Gasteiger partial charge in [0.2, 0.25) is 0 Å². The van der Waals surface area contributed by atoms with Gasteiger partial charge in [0.1, 0.15) is 0 Å². The van der Waals surface area contributed by atoms with Crippen LogP contribution in [0.15, 0.2) is 30.3 Å². The minimum absolute atomic E-state index is 0.0574. The fraction of sp³-hybridized carbons (Fsp3) is 0.667. The Labute approximate surface area is 128 Å². The predicted molar refractivity (Wildman–Crippen MR) is 86.4 cm³/mol. The zero-order valence-corrected chi connectivity index (χ0v) is 13.6. The standard InChI is InChI=1S/C18H28N2O/c1-17(2)10-9-16(21-17)13-20-12-11-19-14-18(20,3)15-7-5-4-6-8-15/h4-8,16,19H,9-14H2,1-3H3. The van der Waals surface area contributed by atoms with E-state index in [1.165, 1.54) is 18.4 Å². The molecule has 2 atom stereocenters. The molecule has 3 heteroatoms. The van der Waals surface area contributed by atoms with E-state index in [-0.39, 0.29) is 11.1 Å². The van der Waals surface area contributed by atoms with E-state index in [0.717, 1.165) is 26.2 Å². The van der Waals surface area contributed by atoms with Crippen molar-refractivity contribution in [1.82, 2.24) is 10.2 Å². The maximum absolute atomic E-state index is 6.22. The molecule has 2 unspecified atom stereocenters. The molecule has 2 fully saturated rings. The highest BCUT2D eigenvalue weighted by Gasteiger charge is 2.39. The summed E-state index contributed by atoms with van der Waals surface area (Å²) in [6.45, 7) is 11.0. The van der Waals surface area contributed by atoms with Crippen LogP contribution in [-0.2, 0) is 10.3 Å². The van der Waals surface area contributed by atoms with E-state index in [0.29, 0.717) is 6.10 Å². The number of ether oxygens (including phenoxy) is 1. The van der Waals surface area contributed by atoms with Crippen LogP contribution in [0.5, 0.6) is 0 Å². The van der Waals surface area contributed by atoms with E-state index >= 15 is 0 Å². The van der Waals surface area contributed by atoms with Gasteiger partial charge in [0.05, 0.1) is 17.2 Å². The summed E-state index contributed by atoms with van der Waals surface area (Å²) in [5, 5.41) is 3.56. The van der Waals surface area contributed by atoms with Gasteiger partial charge in [0.25, 0.3) is 0 Å². The largest absolute Gasteiger partial charge is 0.371 e. The summed E-state index contributed by atoms with van der Waals surface area (Å²) in [6.07, 6.45) is 2.73. The normalized spacial score (nSPS) is 33.2. The van der Waals surface area contributed by atoms with Gasteiger partial charge in [-0.25, -0.2) is 0 Å². The van der Waals surface area contributed by atoms with Crippen LogP contribution >= 0.6 is 0 Å². The minimum atomic E-state index is 0.0574. The maximum Gasteiger partial charge on any atom is 0.0710 e. The third-order valence-corrected chi connectivity index (χ3v) is 5.10. The Balaban J connectivity index is 1.76. The molecule has 0 aliphatic carbocycles. The molecule has 1 aromatic rings. The average molecular weight is 288 g/mol. The lowest BCUT2D eigenvalue weighted by Crippen LogP contribution is -2.59. The van der Waals surface area contributed by atoms with Gasteiger partial charge in [-0.1, -0.05) is 30.3 Å². The second kappa shape index (κ2) is 5.71. The van der Waals surface area contributed by atoms with Gasteiger partial charge >= 0.3 is 0 Å². The molecule has 3 nitrogen and oxygen atoms in total. The Kier molecular flexibility index (Phi) is 4.08. The first-order valence-corrected chi connectivity index (χ1v) is 8.19. The van der Waals surface area contributed by atoms with Crippen LogP contribution < -0.4 is 5.32 Å². The highest BCUT2D eigenvalue weighted by Crippen LogP contribution is 2.34. The van der Waals surface area contributed by atoms with Crippen molar-refractivity contribution in [3.63, 3.8) is 0 Å². The molecule has 0 saturated carbocycles. The molecule has 2 saturated heterocycles. The van der Waals surface area contributed by atoms with Gasteiger partial charge in [0, 0.05) is 26.2 Å². The van der Waals surface area contributed by atoms with Crippen LogP contribution in [0.3, 0.4) is 0 Å². The molecule has 1 aromatic carbocycles. The molecule has 2 aliphatic rings. The van der Waals surface area contributed by atoms with Crippen LogP contribution in [0.4, 0.5) is 0 Å². The fourth-order valence-electron chi connectivity index (χ4n) is 3.73. The Bertz CT molecular complexity index is 473. The number of nitrogens with one attached hydrogen (secondary N) is 1. The first kappa shape index (κ1) is 15.0. The molecule has 0 bridgehead atoms. The van der Waals surface area contributed by atoms with E-state index in [2.05, 4.69) is 61.3 Å². The number of rotatable bonds is 3. The van der Waals surface area contributed by atoms with Gasteiger partial charge in [-0.15, -0.1) is 0 Å². The lowest BCUT2D eigenvalue weighted by Gasteiger charge is -2.46. The molecule has 1 N–H and O–H groups in total. The van der Waals surface area contributed by atoms with Crippen molar-refractivity contribution in [2.45, 2.75) is 50.9 Å². The Morgan fingerprint density at radius 2 is 2.00 bits per heavy atom. The van der Waals surface area contributed by atoms with E-state index in [4.69, 9.17) is 4.74 Å². The first-order valence-electron chi connectivity index (χ1n) is 8.19. The van der Waals surface area contributed by atoms with Crippen molar-refractivity contribution in [3.05, 3.63) is 35.9 Å². The Morgan fingerprint density at radius 3 is 2.67 bits per heavy atom. The smallest absolute Gasteiger partial charge is 0.0710 e. The highest BCUT2D eigenvalue weighted by molar-refractivity contribution is 5.25. The van der Waals surface area contributed by atoms with Gasteiger partial charge in [-0.3, -0.25) is 4.90 Å². The summed E-state index contributed by atoms with van der Waals surface area (Å²) in [5.74, 6) is 0. The van der Waals surface area contributed by atoms with E-state index in [1.54, 1.807) is 0 Å². The lowest BCUT2D eigenvalue weighted by molar-refractivity contribution is -0.0492. The second-order valence-electron chi connectivity index (χ2n) is 7.30. The number of hydrogen-bond donors (Lipinski definition) is 1. The monoisotopic (exact) mass is 288 g/mol. The summed E-state index contributed by atoms with van der Waals surface area (Å²) in [5.41, 5.74) is 1.52. The molecule has 0 amide bonds. The van der Waals surface area contributed by atoms with E-state index in [1.807, 2.05) is 0 Å². The average Bonchev–Trinajstić information content (AvgIpc) is 2.82. The predicted octanol–water partition coefficient (Wildman–Crippen LogP) is 2.76. The molecule has 3 rings (SSSR count). The van der Waals surface area contributed by atoms with Gasteiger partial charge in [-0.2, -0.15) is 0 Å². The van der Waals surface area contributed by atoms with E-state index in [9.17, 15) is 0 Å². The molecule has 116 valence electrons. The van der Waals surface area contributed by atoms with Gasteiger partial charge in [0.15, 0.2) is 0 Å². The molecule has 0 spiro atoms. The SMILES string of the molecule is CC1(C)CCC(CN2CCNCC2(C)c2ccccc2)O1. The van der Waals surface area contributed by atoms with Crippen molar-refractivity contribution in [2.75, 3.05) is 26.2 Å². The van der Waals surface area contributed by atoms with Crippen LogP contribution in [0.1, 0.15) is 39.2 Å². The molecule has 0 radical (unpaired) electrons. The van der Waals surface area contributed by atoms with Gasteiger partial charge in [-0.05, 0) is 39.2 Å². The van der Waals surface area contributed by atoms with Crippen LogP contribution in [-0.4, -0.2) is 42.8 Å². The Morgan fingerprint density at radius 1 is 1.24 bits per heavy atom. The molecule has 21 heavy (non-hydrogen) atoms. The molecule has 2 aliphatic heterocycles. The summed E-state index contributed by atoms with van der Waals surface area (Å²) in [7, 11) is 0. The zero-order chi connectivity index (χ0) is 14.9. The summed E-state index contributed by atoms with van der Waals surface area (Å²) in [6, 6.07) is 10.9. The van der Waals surface area contributed by atoms with Crippen molar-refractivity contribution in [2.24, 2.45) is 0 Å². The summed E-state index contributed by atoms with van der Waals surface area (Å²) in [4.78, 5) is 2.62. The summed E-state index contributed by atoms with van der Waals surface area (Å²) < 4.78 is 6.22. The van der Waals surface area contributed by atoms with Crippen LogP contribution in [0.25, 0.3) is 0 Å². The minimum Gasteiger partial charge on any atom is -0.371 e. The number of piperazine rings is 1. The van der Waals surface area contributed by atoms with Gasteiger partial charge < -0.3 is 10.1 Å².